The van der Waals surface area contributed by atoms with Gasteiger partial charge in [0.1, 0.15) is 24.7 Å². The predicted octanol–water partition coefficient (Wildman–Crippen LogP) is 5.08. The number of carbonyl (C=O) groups excluding carboxylic acids is 1. The topological polar surface area (TPSA) is 47.6 Å². The maximum absolute atomic E-state index is 12.4. The van der Waals surface area contributed by atoms with Crippen LogP contribution in [0.4, 0.5) is 5.69 Å². The van der Waals surface area contributed by atoms with Crippen molar-refractivity contribution in [3.8, 4) is 11.5 Å². The van der Waals surface area contributed by atoms with Crippen LogP contribution in [0.1, 0.15) is 15.9 Å². The molecule has 1 amide bonds. The fourth-order valence-electron chi connectivity index (χ4n) is 2.47. The van der Waals surface area contributed by atoms with Crippen molar-refractivity contribution >= 4 is 11.6 Å². The minimum atomic E-state index is -0.189. The average molecular weight is 359 g/mol. The van der Waals surface area contributed by atoms with Crippen LogP contribution in [-0.4, -0.2) is 12.5 Å². The van der Waals surface area contributed by atoms with Crippen LogP contribution < -0.4 is 14.8 Å². The zero-order valence-electron chi connectivity index (χ0n) is 14.9. The summed E-state index contributed by atoms with van der Waals surface area (Å²) in [6.07, 6.45) is 1.67. The summed E-state index contributed by atoms with van der Waals surface area (Å²) >= 11 is 0. The van der Waals surface area contributed by atoms with Gasteiger partial charge in [0.05, 0.1) is 0 Å². The van der Waals surface area contributed by atoms with E-state index in [1.54, 1.807) is 30.3 Å². The molecule has 3 rings (SSSR count). The third kappa shape index (κ3) is 5.47. The summed E-state index contributed by atoms with van der Waals surface area (Å²) in [6.45, 7) is 4.51. The first-order valence-electron chi connectivity index (χ1n) is 8.66. The molecule has 3 aromatic rings. The fourth-order valence-corrected chi connectivity index (χ4v) is 2.47. The van der Waals surface area contributed by atoms with Crippen LogP contribution in [0.3, 0.4) is 0 Å². The molecule has 0 saturated heterocycles. The Morgan fingerprint density at radius 1 is 0.889 bits per heavy atom. The van der Waals surface area contributed by atoms with Crippen LogP contribution in [0.15, 0.2) is 91.5 Å². The summed E-state index contributed by atoms with van der Waals surface area (Å²) in [4.78, 5) is 12.4. The zero-order valence-corrected chi connectivity index (χ0v) is 14.9. The Balaban J connectivity index is 1.60. The molecule has 1 N–H and O–H groups in total. The van der Waals surface area contributed by atoms with E-state index in [0.29, 0.717) is 36.0 Å². The van der Waals surface area contributed by atoms with Crippen molar-refractivity contribution in [1.29, 1.82) is 0 Å². The van der Waals surface area contributed by atoms with E-state index >= 15 is 0 Å². The maximum Gasteiger partial charge on any atom is 0.255 e. The van der Waals surface area contributed by atoms with E-state index in [-0.39, 0.29) is 5.91 Å². The minimum absolute atomic E-state index is 0.189. The van der Waals surface area contributed by atoms with Gasteiger partial charge in [-0.15, -0.1) is 0 Å². The van der Waals surface area contributed by atoms with Gasteiger partial charge < -0.3 is 14.8 Å². The molecule has 0 bridgehead atoms. The molecule has 0 atom stereocenters. The number of hydrogen-bond donors (Lipinski definition) is 1. The molecular formula is C23H21NO3. The Bertz CT molecular complexity index is 889. The summed E-state index contributed by atoms with van der Waals surface area (Å²) in [7, 11) is 0. The molecule has 27 heavy (non-hydrogen) atoms. The lowest BCUT2D eigenvalue weighted by molar-refractivity contribution is 0.102. The monoisotopic (exact) mass is 359 g/mol. The van der Waals surface area contributed by atoms with Crippen LogP contribution in [0.25, 0.3) is 0 Å². The summed E-state index contributed by atoms with van der Waals surface area (Å²) in [5, 5.41) is 2.88. The molecule has 0 fully saturated rings. The average Bonchev–Trinajstić information content (AvgIpc) is 2.72. The number of hydrogen-bond acceptors (Lipinski definition) is 3. The number of ether oxygens (including phenoxy) is 2. The van der Waals surface area contributed by atoms with E-state index in [2.05, 4.69) is 11.9 Å². The summed E-state index contributed by atoms with van der Waals surface area (Å²) in [5.41, 5.74) is 2.32. The quantitative estimate of drug-likeness (QED) is 0.570. The molecule has 0 saturated carbocycles. The van der Waals surface area contributed by atoms with E-state index in [1.165, 1.54) is 0 Å². The second-order valence-corrected chi connectivity index (χ2v) is 5.88. The molecule has 0 aliphatic heterocycles. The third-order valence-corrected chi connectivity index (χ3v) is 3.82. The molecule has 0 aliphatic rings. The Kier molecular flexibility index (Phi) is 6.26. The number of amides is 1. The lowest BCUT2D eigenvalue weighted by Gasteiger charge is -2.10. The smallest absolute Gasteiger partial charge is 0.255 e. The van der Waals surface area contributed by atoms with Crippen LogP contribution >= 0.6 is 0 Å². The van der Waals surface area contributed by atoms with E-state index in [1.807, 2.05) is 54.6 Å². The number of nitrogens with one attached hydrogen (secondary N) is 1. The second kappa shape index (κ2) is 9.25. The van der Waals surface area contributed by atoms with Crippen molar-refractivity contribution in [3.63, 3.8) is 0 Å². The van der Waals surface area contributed by atoms with E-state index in [0.717, 1.165) is 5.56 Å². The molecule has 0 aliphatic carbocycles. The zero-order chi connectivity index (χ0) is 18.9. The maximum atomic E-state index is 12.4. The highest BCUT2D eigenvalue weighted by Gasteiger charge is 2.07. The van der Waals surface area contributed by atoms with Gasteiger partial charge >= 0.3 is 0 Å². The van der Waals surface area contributed by atoms with E-state index in [4.69, 9.17) is 9.47 Å². The minimum Gasteiger partial charge on any atom is -0.490 e. The highest BCUT2D eigenvalue weighted by Crippen LogP contribution is 2.20. The molecule has 3 aromatic carbocycles. The molecule has 0 aromatic heterocycles. The first-order valence-corrected chi connectivity index (χ1v) is 8.66. The molecule has 0 unspecified atom stereocenters. The van der Waals surface area contributed by atoms with Gasteiger partial charge in [-0.3, -0.25) is 4.79 Å². The lowest BCUT2D eigenvalue weighted by Crippen LogP contribution is -2.11. The summed E-state index contributed by atoms with van der Waals surface area (Å²) in [6, 6.07) is 24.3. The van der Waals surface area contributed by atoms with Gasteiger partial charge in [-0.05, 0) is 42.0 Å². The molecule has 0 heterocycles. The highest BCUT2D eigenvalue weighted by molar-refractivity contribution is 6.04. The Hall–Kier alpha value is -3.53. The SMILES string of the molecule is C=CCOc1ccc(C(=O)Nc2cccc(OCc3ccccc3)c2)cc1. The van der Waals surface area contributed by atoms with Gasteiger partial charge in [0.25, 0.3) is 5.91 Å². The fraction of sp³-hybridized carbons (Fsp3) is 0.0870. The number of rotatable bonds is 8. The Labute approximate surface area is 159 Å². The number of benzene rings is 3. The van der Waals surface area contributed by atoms with Crippen molar-refractivity contribution in [1.82, 2.24) is 0 Å². The molecule has 4 heteroatoms. The highest BCUT2D eigenvalue weighted by atomic mass is 16.5. The van der Waals surface area contributed by atoms with E-state index < -0.39 is 0 Å². The van der Waals surface area contributed by atoms with Crippen LogP contribution in [0, 0.1) is 0 Å². The van der Waals surface area contributed by atoms with Crippen LogP contribution in [0.2, 0.25) is 0 Å². The lowest BCUT2D eigenvalue weighted by atomic mass is 10.2. The molecule has 0 spiro atoms. The second-order valence-electron chi connectivity index (χ2n) is 5.88. The summed E-state index contributed by atoms with van der Waals surface area (Å²) in [5.74, 6) is 1.21. The van der Waals surface area contributed by atoms with Crippen molar-refractivity contribution in [2.24, 2.45) is 0 Å². The number of carbonyl (C=O) groups is 1. The van der Waals surface area contributed by atoms with Gasteiger partial charge in [0.2, 0.25) is 0 Å². The van der Waals surface area contributed by atoms with Crippen LogP contribution in [-0.2, 0) is 6.61 Å². The molecule has 4 nitrogen and oxygen atoms in total. The number of anilines is 1. The van der Waals surface area contributed by atoms with Gasteiger partial charge in [0, 0.05) is 17.3 Å². The summed E-state index contributed by atoms with van der Waals surface area (Å²) < 4.78 is 11.2. The van der Waals surface area contributed by atoms with Crippen molar-refractivity contribution in [2.45, 2.75) is 6.61 Å². The van der Waals surface area contributed by atoms with Gasteiger partial charge in [-0.25, -0.2) is 0 Å². The first kappa shape index (κ1) is 18.3. The normalized spacial score (nSPS) is 10.1. The van der Waals surface area contributed by atoms with Crippen molar-refractivity contribution in [2.75, 3.05) is 11.9 Å². The van der Waals surface area contributed by atoms with Crippen molar-refractivity contribution in [3.05, 3.63) is 103 Å². The first-order chi connectivity index (χ1) is 13.2. The third-order valence-electron chi connectivity index (χ3n) is 3.82. The predicted molar refractivity (Wildman–Crippen MR) is 107 cm³/mol. The van der Waals surface area contributed by atoms with E-state index in [9.17, 15) is 4.79 Å². The molecule has 136 valence electrons. The standard InChI is InChI=1S/C23H21NO3/c1-2-15-26-21-13-11-19(12-14-21)23(25)24-20-9-6-10-22(16-20)27-17-18-7-4-3-5-8-18/h2-14,16H,1,15,17H2,(H,24,25). The molecule has 0 radical (unpaired) electrons. The van der Waals surface area contributed by atoms with Crippen molar-refractivity contribution < 1.29 is 14.3 Å². The van der Waals surface area contributed by atoms with Gasteiger partial charge in [0.15, 0.2) is 0 Å². The largest absolute Gasteiger partial charge is 0.490 e. The van der Waals surface area contributed by atoms with Gasteiger partial charge in [-0.2, -0.15) is 0 Å². The van der Waals surface area contributed by atoms with Crippen LogP contribution in [0.5, 0.6) is 11.5 Å². The Morgan fingerprint density at radius 3 is 2.41 bits per heavy atom. The molecular weight excluding hydrogens is 338 g/mol. The van der Waals surface area contributed by atoms with Gasteiger partial charge in [-0.1, -0.05) is 49.1 Å². The Morgan fingerprint density at radius 2 is 1.67 bits per heavy atom.